The summed E-state index contributed by atoms with van der Waals surface area (Å²) in [4.78, 5) is 0. The molecule has 0 aliphatic heterocycles. The topological polar surface area (TPSA) is 20.2 Å². The number of hydrogen-bond donors (Lipinski definition) is 1. The Morgan fingerprint density at radius 2 is 1.86 bits per heavy atom. The standard InChI is InChI=1S/C13H18O/c1-10-6-5-9-12(13(10)14)11-7-3-2-4-8-11/h5-6,9,11,14H,2-4,7-8H2,1H3. The molecule has 1 saturated carbocycles. The van der Waals surface area contributed by atoms with Crippen LogP contribution in [-0.2, 0) is 0 Å². The van der Waals surface area contributed by atoms with Crippen molar-refractivity contribution in [2.24, 2.45) is 0 Å². The maximum absolute atomic E-state index is 9.95. The van der Waals surface area contributed by atoms with Crippen LogP contribution in [0.4, 0.5) is 0 Å². The summed E-state index contributed by atoms with van der Waals surface area (Å²) in [5.74, 6) is 1.13. The smallest absolute Gasteiger partial charge is 0.121 e. The molecule has 1 N–H and O–H groups in total. The molecule has 1 aliphatic carbocycles. The molecule has 2 rings (SSSR count). The lowest BCUT2D eigenvalue weighted by atomic mass is 9.83. The molecule has 1 nitrogen and oxygen atoms in total. The van der Waals surface area contributed by atoms with E-state index < -0.39 is 0 Å². The number of phenolic OH excluding ortho intramolecular Hbond substituents is 1. The maximum Gasteiger partial charge on any atom is 0.121 e. The number of aryl methyl sites for hydroxylation is 1. The zero-order chi connectivity index (χ0) is 9.97. The highest BCUT2D eigenvalue weighted by Gasteiger charge is 2.18. The Morgan fingerprint density at radius 3 is 2.57 bits per heavy atom. The summed E-state index contributed by atoms with van der Waals surface area (Å²) in [6.45, 7) is 1.97. The highest BCUT2D eigenvalue weighted by Crippen LogP contribution is 2.37. The zero-order valence-electron chi connectivity index (χ0n) is 8.79. The summed E-state index contributed by atoms with van der Waals surface area (Å²) < 4.78 is 0. The number of benzene rings is 1. The highest BCUT2D eigenvalue weighted by atomic mass is 16.3. The third-order valence-electron chi connectivity index (χ3n) is 3.31. The lowest BCUT2D eigenvalue weighted by Gasteiger charge is -2.23. The molecule has 0 saturated heterocycles. The second kappa shape index (κ2) is 4.04. The van der Waals surface area contributed by atoms with E-state index in [2.05, 4.69) is 12.1 Å². The van der Waals surface area contributed by atoms with Gasteiger partial charge in [0.25, 0.3) is 0 Å². The molecule has 1 heteroatoms. The number of rotatable bonds is 1. The minimum absolute atomic E-state index is 0.527. The van der Waals surface area contributed by atoms with Gasteiger partial charge in [-0.2, -0.15) is 0 Å². The van der Waals surface area contributed by atoms with Crippen LogP contribution >= 0.6 is 0 Å². The Balaban J connectivity index is 2.26. The maximum atomic E-state index is 9.95. The van der Waals surface area contributed by atoms with Crippen molar-refractivity contribution >= 4 is 0 Å². The van der Waals surface area contributed by atoms with Crippen LogP contribution in [0.1, 0.15) is 49.1 Å². The molecule has 0 spiro atoms. The summed E-state index contributed by atoms with van der Waals surface area (Å²) in [5, 5.41) is 9.95. The van der Waals surface area contributed by atoms with Crippen LogP contribution in [0, 0.1) is 6.92 Å². The third-order valence-corrected chi connectivity index (χ3v) is 3.31. The molecule has 1 aromatic rings. The quantitative estimate of drug-likeness (QED) is 0.715. The second-order valence-corrected chi connectivity index (χ2v) is 4.35. The fourth-order valence-electron chi connectivity index (χ4n) is 2.42. The Morgan fingerprint density at radius 1 is 1.14 bits per heavy atom. The van der Waals surface area contributed by atoms with E-state index in [1.54, 1.807) is 0 Å². The van der Waals surface area contributed by atoms with Crippen molar-refractivity contribution in [3.63, 3.8) is 0 Å². The van der Waals surface area contributed by atoms with Gasteiger partial charge in [-0.1, -0.05) is 37.5 Å². The van der Waals surface area contributed by atoms with E-state index in [1.807, 2.05) is 13.0 Å². The first kappa shape index (κ1) is 9.57. The molecule has 1 aliphatic rings. The fraction of sp³-hybridized carbons (Fsp3) is 0.538. The van der Waals surface area contributed by atoms with Gasteiger partial charge in [0.05, 0.1) is 0 Å². The van der Waals surface area contributed by atoms with Gasteiger partial charge in [0.1, 0.15) is 5.75 Å². The largest absolute Gasteiger partial charge is 0.507 e. The number of aromatic hydroxyl groups is 1. The van der Waals surface area contributed by atoms with Crippen LogP contribution in [0.2, 0.25) is 0 Å². The first-order valence-electron chi connectivity index (χ1n) is 5.57. The molecule has 1 aromatic carbocycles. The normalized spacial score (nSPS) is 18.4. The summed E-state index contributed by atoms with van der Waals surface area (Å²) >= 11 is 0. The van der Waals surface area contributed by atoms with Gasteiger partial charge in [-0.15, -0.1) is 0 Å². The third kappa shape index (κ3) is 1.77. The van der Waals surface area contributed by atoms with Gasteiger partial charge in [-0.25, -0.2) is 0 Å². The molecule has 0 atom stereocenters. The number of phenols is 1. The average molecular weight is 190 g/mol. The van der Waals surface area contributed by atoms with Crippen molar-refractivity contribution < 1.29 is 5.11 Å². The molecule has 76 valence electrons. The van der Waals surface area contributed by atoms with Gasteiger partial charge in [0.2, 0.25) is 0 Å². The van der Waals surface area contributed by atoms with E-state index in [1.165, 1.54) is 37.7 Å². The van der Waals surface area contributed by atoms with Crippen molar-refractivity contribution in [3.05, 3.63) is 29.3 Å². The van der Waals surface area contributed by atoms with Crippen LogP contribution in [0.3, 0.4) is 0 Å². The summed E-state index contributed by atoms with van der Waals surface area (Å²) in [5.41, 5.74) is 2.18. The van der Waals surface area contributed by atoms with Crippen LogP contribution < -0.4 is 0 Å². The van der Waals surface area contributed by atoms with E-state index >= 15 is 0 Å². The Hall–Kier alpha value is -0.980. The van der Waals surface area contributed by atoms with Crippen molar-refractivity contribution in [1.82, 2.24) is 0 Å². The van der Waals surface area contributed by atoms with E-state index in [4.69, 9.17) is 0 Å². The summed E-state index contributed by atoms with van der Waals surface area (Å²) in [7, 11) is 0. The minimum Gasteiger partial charge on any atom is -0.507 e. The lowest BCUT2D eigenvalue weighted by molar-refractivity contribution is 0.412. The molecule has 1 fully saturated rings. The van der Waals surface area contributed by atoms with Crippen LogP contribution in [0.5, 0.6) is 5.75 Å². The molecule has 0 aromatic heterocycles. The minimum atomic E-state index is 0.527. The van der Waals surface area contributed by atoms with Crippen molar-refractivity contribution in [3.8, 4) is 5.75 Å². The molecule has 0 radical (unpaired) electrons. The van der Waals surface area contributed by atoms with Crippen LogP contribution in [-0.4, -0.2) is 5.11 Å². The first-order valence-corrected chi connectivity index (χ1v) is 5.57. The van der Waals surface area contributed by atoms with Crippen molar-refractivity contribution in [2.75, 3.05) is 0 Å². The molecular weight excluding hydrogens is 172 g/mol. The highest BCUT2D eigenvalue weighted by molar-refractivity contribution is 5.41. The molecule has 0 amide bonds. The second-order valence-electron chi connectivity index (χ2n) is 4.35. The van der Waals surface area contributed by atoms with E-state index in [9.17, 15) is 5.11 Å². The van der Waals surface area contributed by atoms with Crippen molar-refractivity contribution in [2.45, 2.75) is 44.9 Å². The monoisotopic (exact) mass is 190 g/mol. The van der Waals surface area contributed by atoms with Crippen LogP contribution in [0.15, 0.2) is 18.2 Å². The van der Waals surface area contributed by atoms with E-state index in [0.29, 0.717) is 11.7 Å². The number of para-hydroxylation sites is 1. The molecular formula is C13H18O. The van der Waals surface area contributed by atoms with Gasteiger partial charge in [-0.05, 0) is 36.8 Å². The Kier molecular flexibility index (Phi) is 2.76. The molecule has 14 heavy (non-hydrogen) atoms. The molecule has 0 unspecified atom stereocenters. The van der Waals surface area contributed by atoms with Gasteiger partial charge >= 0.3 is 0 Å². The predicted molar refractivity (Wildman–Crippen MR) is 58.7 cm³/mol. The van der Waals surface area contributed by atoms with Gasteiger partial charge in [-0.3, -0.25) is 0 Å². The fourth-order valence-corrected chi connectivity index (χ4v) is 2.42. The van der Waals surface area contributed by atoms with Gasteiger partial charge in [0, 0.05) is 0 Å². The first-order chi connectivity index (χ1) is 6.79. The number of hydrogen-bond acceptors (Lipinski definition) is 1. The Labute approximate surface area is 85.8 Å². The average Bonchev–Trinajstić information content (AvgIpc) is 2.23. The lowest BCUT2D eigenvalue weighted by Crippen LogP contribution is -2.04. The molecule has 0 bridgehead atoms. The van der Waals surface area contributed by atoms with E-state index in [0.717, 1.165) is 5.56 Å². The van der Waals surface area contributed by atoms with Crippen molar-refractivity contribution in [1.29, 1.82) is 0 Å². The molecule has 0 heterocycles. The zero-order valence-corrected chi connectivity index (χ0v) is 8.79. The summed E-state index contributed by atoms with van der Waals surface area (Å²) in [6, 6.07) is 6.11. The predicted octanol–water partition coefficient (Wildman–Crippen LogP) is 3.75. The summed E-state index contributed by atoms with van der Waals surface area (Å²) in [6.07, 6.45) is 6.49. The Bertz CT molecular complexity index is 311. The van der Waals surface area contributed by atoms with Gasteiger partial charge in [0.15, 0.2) is 0 Å². The van der Waals surface area contributed by atoms with E-state index in [-0.39, 0.29) is 0 Å². The van der Waals surface area contributed by atoms with Crippen LogP contribution in [0.25, 0.3) is 0 Å². The SMILES string of the molecule is Cc1cccc(C2CCCCC2)c1O. The van der Waals surface area contributed by atoms with Gasteiger partial charge < -0.3 is 5.11 Å².